The van der Waals surface area contributed by atoms with Crippen molar-refractivity contribution in [2.75, 3.05) is 25.5 Å². The number of nitrogens with zero attached hydrogens (tertiary/aromatic N) is 3. The minimum Gasteiger partial charge on any atom is -0.495 e. The second-order valence-corrected chi connectivity index (χ2v) is 10.7. The predicted molar refractivity (Wildman–Crippen MR) is 128 cm³/mol. The van der Waals surface area contributed by atoms with Crippen molar-refractivity contribution in [3.8, 4) is 5.75 Å². The van der Waals surface area contributed by atoms with Gasteiger partial charge in [-0.05, 0) is 55.5 Å². The van der Waals surface area contributed by atoms with E-state index in [9.17, 15) is 13.2 Å². The minimum absolute atomic E-state index is 0.00273. The first kappa shape index (κ1) is 23.3. The number of hydrogen-bond acceptors (Lipinski definition) is 5. The number of carbonyl (C=O) groups is 1. The number of methoxy groups -OCH3 is 1. The number of rotatable bonds is 6. The van der Waals surface area contributed by atoms with Gasteiger partial charge in [0.25, 0.3) is 5.91 Å². The monoisotopic (exact) mass is 470 g/mol. The Bertz CT molecular complexity index is 1270. The highest BCUT2D eigenvalue weighted by Gasteiger charge is 2.34. The molecule has 2 heterocycles. The van der Waals surface area contributed by atoms with E-state index in [-0.39, 0.29) is 28.0 Å². The van der Waals surface area contributed by atoms with Crippen LogP contribution < -0.4 is 10.1 Å². The molecule has 1 N–H and O–H groups in total. The van der Waals surface area contributed by atoms with Crippen LogP contribution in [0, 0.1) is 11.8 Å². The molecule has 1 fully saturated rings. The van der Waals surface area contributed by atoms with Gasteiger partial charge in [-0.3, -0.25) is 10.1 Å². The molecule has 0 unspecified atom stereocenters. The van der Waals surface area contributed by atoms with Crippen LogP contribution in [0.25, 0.3) is 11.0 Å². The van der Waals surface area contributed by atoms with Gasteiger partial charge in [0, 0.05) is 25.2 Å². The van der Waals surface area contributed by atoms with Crippen molar-refractivity contribution < 1.29 is 17.9 Å². The van der Waals surface area contributed by atoms with Crippen LogP contribution in [0.1, 0.15) is 37.6 Å². The lowest BCUT2D eigenvalue weighted by Crippen LogP contribution is -2.42. The Hall–Kier alpha value is -2.91. The molecule has 1 aromatic heterocycles. The number of aryl methyl sites for hydroxylation is 1. The lowest BCUT2D eigenvalue weighted by molar-refractivity contribution is 0.102. The van der Waals surface area contributed by atoms with E-state index in [0.29, 0.717) is 25.6 Å². The number of ether oxygens (including phenoxy) is 1. The zero-order valence-electron chi connectivity index (χ0n) is 19.4. The van der Waals surface area contributed by atoms with Crippen LogP contribution in [0.15, 0.2) is 47.4 Å². The van der Waals surface area contributed by atoms with E-state index in [1.165, 1.54) is 23.5 Å². The summed E-state index contributed by atoms with van der Waals surface area (Å²) in [5, 5.41) is 2.84. The van der Waals surface area contributed by atoms with Crippen LogP contribution in [0.4, 0.5) is 5.95 Å². The first-order valence-electron chi connectivity index (χ1n) is 11.2. The molecule has 1 saturated heterocycles. The SMILES string of the molecule is CCn1c(NC(=O)c2ccc(OC)c(S(=O)(=O)N3C[C@H](C)C[C@@H](C)C3)c2)nc2ccccc21. The molecule has 8 nitrogen and oxygen atoms in total. The summed E-state index contributed by atoms with van der Waals surface area (Å²) in [4.78, 5) is 17.6. The van der Waals surface area contributed by atoms with Gasteiger partial charge in [0.2, 0.25) is 16.0 Å². The van der Waals surface area contributed by atoms with Crippen molar-refractivity contribution in [2.45, 2.75) is 38.6 Å². The lowest BCUT2D eigenvalue weighted by Gasteiger charge is -2.34. The van der Waals surface area contributed by atoms with Crippen LogP contribution in [0.5, 0.6) is 5.75 Å². The molecular formula is C24H30N4O4S. The number of para-hydroxylation sites is 2. The van der Waals surface area contributed by atoms with Crippen LogP contribution >= 0.6 is 0 Å². The van der Waals surface area contributed by atoms with Crippen LogP contribution in [-0.2, 0) is 16.6 Å². The molecule has 1 aliphatic rings. The third kappa shape index (κ3) is 4.47. The van der Waals surface area contributed by atoms with E-state index in [1.54, 1.807) is 6.07 Å². The molecular weight excluding hydrogens is 440 g/mol. The summed E-state index contributed by atoms with van der Waals surface area (Å²) >= 11 is 0. The molecule has 0 spiro atoms. The van der Waals surface area contributed by atoms with Crippen LogP contribution in [0.3, 0.4) is 0 Å². The van der Waals surface area contributed by atoms with E-state index >= 15 is 0 Å². The number of carbonyl (C=O) groups excluding carboxylic acids is 1. The number of nitrogens with one attached hydrogen (secondary N) is 1. The first-order valence-corrected chi connectivity index (χ1v) is 12.6. The van der Waals surface area contributed by atoms with Crippen molar-refractivity contribution in [3.63, 3.8) is 0 Å². The van der Waals surface area contributed by atoms with Gasteiger partial charge in [-0.15, -0.1) is 0 Å². The van der Waals surface area contributed by atoms with Crippen LogP contribution in [-0.4, -0.2) is 48.4 Å². The third-order valence-electron chi connectivity index (χ3n) is 6.08. The maximum atomic E-state index is 13.5. The van der Waals surface area contributed by atoms with Gasteiger partial charge < -0.3 is 9.30 Å². The third-order valence-corrected chi connectivity index (χ3v) is 7.93. The second-order valence-electron chi connectivity index (χ2n) is 8.76. The molecule has 0 saturated carbocycles. The molecule has 3 aromatic rings. The van der Waals surface area contributed by atoms with Crippen molar-refractivity contribution in [1.82, 2.24) is 13.9 Å². The molecule has 1 aliphatic heterocycles. The Labute approximate surface area is 194 Å². The average Bonchev–Trinajstić information content (AvgIpc) is 3.14. The summed E-state index contributed by atoms with van der Waals surface area (Å²) in [5.41, 5.74) is 1.92. The Morgan fingerprint density at radius 3 is 2.52 bits per heavy atom. The highest BCUT2D eigenvalue weighted by molar-refractivity contribution is 7.89. The summed E-state index contributed by atoms with van der Waals surface area (Å²) in [6.07, 6.45) is 0.990. The van der Waals surface area contributed by atoms with E-state index in [1.807, 2.05) is 35.8 Å². The highest BCUT2D eigenvalue weighted by Crippen LogP contribution is 2.32. The molecule has 2 aromatic carbocycles. The quantitative estimate of drug-likeness (QED) is 0.588. The van der Waals surface area contributed by atoms with Gasteiger partial charge in [-0.2, -0.15) is 4.31 Å². The first-order chi connectivity index (χ1) is 15.7. The van der Waals surface area contributed by atoms with Crippen LogP contribution in [0.2, 0.25) is 0 Å². The summed E-state index contributed by atoms with van der Waals surface area (Å²) in [6, 6.07) is 12.1. The van der Waals surface area contributed by atoms with Crippen molar-refractivity contribution in [3.05, 3.63) is 48.0 Å². The number of piperidine rings is 1. The van der Waals surface area contributed by atoms with E-state index in [0.717, 1.165) is 17.5 Å². The van der Waals surface area contributed by atoms with E-state index < -0.39 is 15.9 Å². The van der Waals surface area contributed by atoms with Gasteiger partial charge in [-0.25, -0.2) is 13.4 Å². The molecule has 176 valence electrons. The fourth-order valence-electron chi connectivity index (χ4n) is 4.63. The number of fused-ring (bicyclic) bond motifs is 1. The molecule has 33 heavy (non-hydrogen) atoms. The number of sulfonamides is 1. The molecule has 9 heteroatoms. The Balaban J connectivity index is 1.67. The van der Waals surface area contributed by atoms with E-state index in [2.05, 4.69) is 24.1 Å². The van der Waals surface area contributed by atoms with Crippen molar-refractivity contribution in [1.29, 1.82) is 0 Å². The summed E-state index contributed by atoms with van der Waals surface area (Å²) < 4.78 is 35.8. The van der Waals surface area contributed by atoms with Crippen molar-refractivity contribution >= 4 is 32.9 Å². The average molecular weight is 471 g/mol. The summed E-state index contributed by atoms with van der Waals surface area (Å²) in [6.45, 7) is 7.61. The molecule has 0 aliphatic carbocycles. The number of amides is 1. The number of hydrogen-bond donors (Lipinski definition) is 1. The lowest BCUT2D eigenvalue weighted by atomic mass is 9.94. The topological polar surface area (TPSA) is 93.5 Å². The summed E-state index contributed by atoms with van der Waals surface area (Å²) in [5.74, 6) is 0.742. The van der Waals surface area contributed by atoms with E-state index in [4.69, 9.17) is 4.74 Å². The van der Waals surface area contributed by atoms with Gasteiger partial charge in [0.1, 0.15) is 10.6 Å². The van der Waals surface area contributed by atoms with Gasteiger partial charge in [0.05, 0.1) is 18.1 Å². The Morgan fingerprint density at radius 1 is 1.15 bits per heavy atom. The van der Waals surface area contributed by atoms with Gasteiger partial charge in [-0.1, -0.05) is 26.0 Å². The summed E-state index contributed by atoms with van der Waals surface area (Å²) in [7, 11) is -2.40. The molecule has 0 bridgehead atoms. The molecule has 1 amide bonds. The molecule has 0 radical (unpaired) electrons. The maximum Gasteiger partial charge on any atom is 0.258 e. The zero-order chi connectivity index (χ0) is 23.8. The number of benzene rings is 2. The maximum absolute atomic E-state index is 13.5. The van der Waals surface area contributed by atoms with Gasteiger partial charge in [0.15, 0.2) is 0 Å². The smallest absolute Gasteiger partial charge is 0.258 e. The normalized spacial score (nSPS) is 19.5. The number of aromatic nitrogens is 2. The minimum atomic E-state index is -3.83. The molecule has 4 rings (SSSR count). The second kappa shape index (κ2) is 9.15. The molecule has 2 atom stereocenters. The van der Waals surface area contributed by atoms with Gasteiger partial charge >= 0.3 is 0 Å². The zero-order valence-corrected chi connectivity index (χ0v) is 20.2. The predicted octanol–water partition coefficient (Wildman–Crippen LogP) is 3.98. The number of anilines is 1. The fraction of sp³-hybridized carbons (Fsp3) is 0.417. The Kier molecular flexibility index (Phi) is 6.45. The van der Waals surface area contributed by atoms with Crippen molar-refractivity contribution in [2.24, 2.45) is 11.8 Å². The Morgan fingerprint density at radius 2 is 1.85 bits per heavy atom. The standard InChI is InChI=1S/C24H30N4O4S/c1-5-28-20-9-7-6-8-19(20)25-24(28)26-23(29)18-10-11-21(32-4)22(13-18)33(30,31)27-14-16(2)12-17(3)15-27/h6-11,13,16-17H,5,12,14-15H2,1-4H3,(H,25,26,29)/t16-,17-/m1/s1. The highest BCUT2D eigenvalue weighted by atomic mass is 32.2. The largest absolute Gasteiger partial charge is 0.495 e. The fourth-order valence-corrected chi connectivity index (χ4v) is 6.49. The number of imidazole rings is 1.